The Balaban J connectivity index is 1.95. The van der Waals surface area contributed by atoms with Crippen molar-refractivity contribution in [1.82, 2.24) is 14.8 Å². The molecule has 0 aliphatic carbocycles. The molecular formula is C18H17N5O2. The molecule has 4 rings (SSSR count). The van der Waals surface area contributed by atoms with Gasteiger partial charge in [0.05, 0.1) is 10.6 Å². The first-order valence-electron chi connectivity index (χ1n) is 8.26. The maximum atomic E-state index is 11.4. The average Bonchev–Trinajstić information content (AvgIpc) is 2.83. The van der Waals surface area contributed by atoms with Gasteiger partial charge in [0.15, 0.2) is 0 Å². The van der Waals surface area contributed by atoms with Gasteiger partial charge < -0.3 is 5.32 Å². The van der Waals surface area contributed by atoms with E-state index in [0.29, 0.717) is 5.69 Å². The molecule has 3 aromatic rings. The quantitative estimate of drug-likeness (QED) is 0.584. The minimum absolute atomic E-state index is 0.0337. The second kappa shape index (κ2) is 6.35. The van der Waals surface area contributed by atoms with Crippen molar-refractivity contribution in [3.05, 3.63) is 64.3 Å². The molecule has 0 radical (unpaired) electrons. The van der Waals surface area contributed by atoms with E-state index in [1.807, 2.05) is 18.2 Å². The Labute approximate surface area is 144 Å². The summed E-state index contributed by atoms with van der Waals surface area (Å²) in [5.74, 6) is 0.826. The summed E-state index contributed by atoms with van der Waals surface area (Å²) in [5, 5.41) is 19.5. The average molecular weight is 335 g/mol. The molecule has 126 valence electrons. The van der Waals surface area contributed by atoms with Gasteiger partial charge in [-0.05, 0) is 37.5 Å². The molecule has 0 amide bonds. The fraction of sp³-hybridized carbons (Fsp3) is 0.222. The molecule has 25 heavy (non-hydrogen) atoms. The Kier molecular flexibility index (Phi) is 3.89. The number of nitrogens with zero attached hydrogens (tertiary/aromatic N) is 4. The highest BCUT2D eigenvalue weighted by atomic mass is 16.6. The summed E-state index contributed by atoms with van der Waals surface area (Å²) >= 11 is 0. The van der Waals surface area contributed by atoms with Gasteiger partial charge in [0.2, 0.25) is 0 Å². The topological polar surface area (TPSA) is 85.9 Å². The summed E-state index contributed by atoms with van der Waals surface area (Å²) < 4.78 is 1.66. The van der Waals surface area contributed by atoms with Crippen molar-refractivity contribution in [3.63, 3.8) is 0 Å². The molecule has 1 aliphatic heterocycles. The monoisotopic (exact) mass is 335 g/mol. The number of anilines is 1. The third-order valence-electron chi connectivity index (χ3n) is 4.34. The van der Waals surface area contributed by atoms with Gasteiger partial charge in [-0.25, -0.2) is 4.68 Å². The number of para-hydroxylation sites is 2. The second-order valence-corrected chi connectivity index (χ2v) is 5.93. The van der Waals surface area contributed by atoms with Crippen LogP contribution in [0.15, 0.2) is 48.7 Å². The first kappa shape index (κ1) is 15.3. The van der Waals surface area contributed by atoms with Crippen molar-refractivity contribution in [1.29, 1.82) is 0 Å². The third-order valence-corrected chi connectivity index (χ3v) is 4.34. The van der Waals surface area contributed by atoms with E-state index >= 15 is 0 Å². The Hall–Kier alpha value is -3.22. The minimum atomic E-state index is -0.374. The van der Waals surface area contributed by atoms with E-state index in [1.54, 1.807) is 29.1 Å². The lowest BCUT2D eigenvalue weighted by atomic mass is 10.1. The lowest BCUT2D eigenvalue weighted by Crippen LogP contribution is -2.08. The molecule has 2 aromatic heterocycles. The van der Waals surface area contributed by atoms with Crippen molar-refractivity contribution < 1.29 is 4.92 Å². The second-order valence-electron chi connectivity index (χ2n) is 5.93. The highest BCUT2D eigenvalue weighted by molar-refractivity contribution is 5.70. The predicted molar refractivity (Wildman–Crippen MR) is 94.9 cm³/mol. The van der Waals surface area contributed by atoms with Crippen LogP contribution in [0.1, 0.15) is 18.4 Å². The molecule has 1 aliphatic rings. The molecular weight excluding hydrogens is 318 g/mol. The van der Waals surface area contributed by atoms with Crippen molar-refractivity contribution in [2.45, 2.75) is 19.3 Å². The number of rotatable bonds is 3. The zero-order valence-corrected chi connectivity index (χ0v) is 13.6. The van der Waals surface area contributed by atoms with Crippen LogP contribution < -0.4 is 5.32 Å². The Bertz CT molecular complexity index is 920. The summed E-state index contributed by atoms with van der Waals surface area (Å²) in [7, 11) is 0. The van der Waals surface area contributed by atoms with Gasteiger partial charge >= 0.3 is 0 Å². The van der Waals surface area contributed by atoms with E-state index in [1.165, 1.54) is 6.07 Å². The molecule has 0 unspecified atom stereocenters. The molecule has 1 N–H and O–H groups in total. The number of benzene rings is 1. The first-order chi connectivity index (χ1) is 12.3. The Morgan fingerprint density at radius 3 is 2.76 bits per heavy atom. The molecule has 0 atom stereocenters. The Morgan fingerprint density at radius 1 is 1.12 bits per heavy atom. The van der Waals surface area contributed by atoms with Gasteiger partial charge in [-0.1, -0.05) is 18.2 Å². The highest BCUT2D eigenvalue weighted by Crippen LogP contribution is 2.35. The molecule has 0 bridgehead atoms. The minimum Gasteiger partial charge on any atom is -0.370 e. The van der Waals surface area contributed by atoms with Crippen LogP contribution in [-0.4, -0.2) is 26.2 Å². The molecule has 7 heteroatoms. The number of aromatic nitrogens is 3. The summed E-state index contributed by atoms with van der Waals surface area (Å²) in [6.45, 7) is 0.820. The zero-order chi connectivity index (χ0) is 17.2. The number of fused-ring (bicyclic) bond motifs is 1. The highest BCUT2D eigenvalue weighted by Gasteiger charge is 2.25. The smallest absolute Gasteiger partial charge is 0.294 e. The maximum absolute atomic E-state index is 11.4. The van der Waals surface area contributed by atoms with Crippen molar-refractivity contribution in [2.24, 2.45) is 0 Å². The van der Waals surface area contributed by atoms with Crippen LogP contribution in [0, 0.1) is 10.1 Å². The van der Waals surface area contributed by atoms with Gasteiger partial charge in [-0.3, -0.25) is 15.1 Å². The molecule has 7 nitrogen and oxygen atoms in total. The summed E-state index contributed by atoms with van der Waals surface area (Å²) in [4.78, 5) is 15.5. The molecule has 0 saturated carbocycles. The Morgan fingerprint density at radius 2 is 1.96 bits per heavy atom. The molecule has 3 heterocycles. The summed E-state index contributed by atoms with van der Waals surface area (Å²) in [6.07, 6.45) is 4.69. The van der Waals surface area contributed by atoms with E-state index in [-0.39, 0.29) is 10.6 Å². The van der Waals surface area contributed by atoms with Crippen molar-refractivity contribution in [3.8, 4) is 17.1 Å². The van der Waals surface area contributed by atoms with E-state index in [0.717, 1.165) is 48.6 Å². The van der Waals surface area contributed by atoms with Crippen LogP contribution in [0.3, 0.4) is 0 Å². The van der Waals surface area contributed by atoms with Crippen LogP contribution in [-0.2, 0) is 6.42 Å². The van der Waals surface area contributed by atoms with Crippen LogP contribution in [0.4, 0.5) is 11.5 Å². The first-order valence-corrected chi connectivity index (χ1v) is 8.26. The van der Waals surface area contributed by atoms with Crippen LogP contribution in [0.2, 0.25) is 0 Å². The third kappa shape index (κ3) is 2.73. The standard InChI is InChI=1S/C18H17N5O2/c24-23(25)16-10-2-1-9-15(16)22-18-13(7-3-5-12-20-18)17(21-22)14-8-4-6-11-19-14/h1-2,4,6,8-11,20H,3,5,7,12H2. The molecule has 1 aromatic carbocycles. The summed E-state index contributed by atoms with van der Waals surface area (Å²) in [5.41, 5.74) is 3.11. The van der Waals surface area contributed by atoms with Crippen molar-refractivity contribution >= 4 is 11.5 Å². The van der Waals surface area contributed by atoms with Gasteiger partial charge in [-0.15, -0.1) is 0 Å². The zero-order valence-electron chi connectivity index (χ0n) is 13.6. The normalized spacial score (nSPS) is 13.6. The number of hydrogen-bond donors (Lipinski definition) is 1. The van der Waals surface area contributed by atoms with Gasteiger partial charge in [-0.2, -0.15) is 5.10 Å². The SMILES string of the molecule is O=[N+]([O-])c1ccccc1-n1nc(-c2ccccn2)c2c1NCCCC2. The molecule has 0 fully saturated rings. The van der Waals surface area contributed by atoms with Gasteiger partial charge in [0.1, 0.15) is 17.2 Å². The number of nitro groups is 1. The van der Waals surface area contributed by atoms with E-state index in [9.17, 15) is 10.1 Å². The number of pyridine rings is 1. The van der Waals surface area contributed by atoms with E-state index in [2.05, 4.69) is 10.3 Å². The van der Waals surface area contributed by atoms with Crippen molar-refractivity contribution in [2.75, 3.05) is 11.9 Å². The molecule has 0 saturated heterocycles. The predicted octanol–water partition coefficient (Wildman–Crippen LogP) is 3.59. The van der Waals surface area contributed by atoms with Crippen LogP contribution in [0.25, 0.3) is 17.1 Å². The van der Waals surface area contributed by atoms with E-state index < -0.39 is 0 Å². The lowest BCUT2D eigenvalue weighted by molar-refractivity contribution is -0.384. The molecule has 0 spiro atoms. The largest absolute Gasteiger partial charge is 0.370 e. The van der Waals surface area contributed by atoms with Crippen LogP contribution in [0.5, 0.6) is 0 Å². The fourth-order valence-electron chi connectivity index (χ4n) is 3.18. The number of hydrogen-bond acceptors (Lipinski definition) is 5. The summed E-state index contributed by atoms with van der Waals surface area (Å²) in [6, 6.07) is 12.4. The maximum Gasteiger partial charge on any atom is 0.294 e. The lowest BCUT2D eigenvalue weighted by Gasteiger charge is -2.09. The number of nitro benzene ring substituents is 1. The van der Waals surface area contributed by atoms with E-state index in [4.69, 9.17) is 5.10 Å². The number of nitrogens with one attached hydrogen (secondary N) is 1. The van der Waals surface area contributed by atoms with Gasteiger partial charge in [0, 0.05) is 24.4 Å². The van der Waals surface area contributed by atoms with Crippen LogP contribution >= 0.6 is 0 Å². The van der Waals surface area contributed by atoms with Gasteiger partial charge in [0.25, 0.3) is 5.69 Å². The fourth-order valence-corrected chi connectivity index (χ4v) is 3.18.